The summed E-state index contributed by atoms with van der Waals surface area (Å²) in [4.78, 5) is 23.7. The van der Waals surface area contributed by atoms with Gasteiger partial charge in [-0.3, -0.25) is 4.79 Å². The minimum absolute atomic E-state index is 0.113. The van der Waals surface area contributed by atoms with Crippen molar-refractivity contribution in [1.29, 1.82) is 0 Å². The maximum atomic E-state index is 12.0. The molecule has 3 rings (SSSR count). The first kappa shape index (κ1) is 21.8. The standard InChI is InChI=1S/C22H24O7S/c1-25-18-8-7-15(14-5-4-6-16-17(14)13-29-22(16)24)20(21(18)26-2)28-11-10-27-19(23)9-12-30-3/h4-8H,9-13H2,1-3H3. The normalized spacial score (nSPS) is 12.2. The Kier molecular flexibility index (Phi) is 7.46. The second kappa shape index (κ2) is 10.2. The third-order valence-electron chi connectivity index (χ3n) is 4.64. The van der Waals surface area contributed by atoms with Crippen LogP contribution in [0.15, 0.2) is 30.3 Å². The van der Waals surface area contributed by atoms with Gasteiger partial charge in [0.15, 0.2) is 11.5 Å². The van der Waals surface area contributed by atoms with Crippen molar-refractivity contribution in [1.82, 2.24) is 0 Å². The summed E-state index contributed by atoms with van der Waals surface area (Å²) in [6.07, 6.45) is 2.30. The second-order valence-electron chi connectivity index (χ2n) is 6.40. The van der Waals surface area contributed by atoms with Crippen molar-refractivity contribution in [2.24, 2.45) is 0 Å². The van der Waals surface area contributed by atoms with E-state index in [1.54, 1.807) is 37.1 Å². The molecule has 2 aromatic carbocycles. The Morgan fingerprint density at radius 3 is 2.57 bits per heavy atom. The van der Waals surface area contributed by atoms with Gasteiger partial charge in [-0.2, -0.15) is 11.8 Å². The third-order valence-corrected chi connectivity index (χ3v) is 5.25. The van der Waals surface area contributed by atoms with Gasteiger partial charge in [0.2, 0.25) is 5.75 Å². The largest absolute Gasteiger partial charge is 0.493 e. The van der Waals surface area contributed by atoms with E-state index in [0.29, 0.717) is 35.0 Å². The average Bonchev–Trinajstić information content (AvgIpc) is 3.15. The number of hydrogen-bond acceptors (Lipinski definition) is 8. The molecule has 0 radical (unpaired) electrons. The molecule has 1 aliphatic rings. The van der Waals surface area contributed by atoms with Gasteiger partial charge in [-0.15, -0.1) is 0 Å². The van der Waals surface area contributed by atoms with E-state index in [2.05, 4.69) is 0 Å². The van der Waals surface area contributed by atoms with Gasteiger partial charge in [-0.05, 0) is 30.0 Å². The van der Waals surface area contributed by atoms with Gasteiger partial charge in [-0.25, -0.2) is 4.79 Å². The van der Waals surface area contributed by atoms with Crippen molar-refractivity contribution in [3.63, 3.8) is 0 Å². The summed E-state index contributed by atoms with van der Waals surface area (Å²) in [6, 6.07) is 9.07. The zero-order chi connectivity index (χ0) is 21.5. The van der Waals surface area contributed by atoms with E-state index in [0.717, 1.165) is 16.7 Å². The van der Waals surface area contributed by atoms with Crippen LogP contribution in [0.1, 0.15) is 22.3 Å². The summed E-state index contributed by atoms with van der Waals surface area (Å²) < 4.78 is 27.3. The summed E-state index contributed by atoms with van der Waals surface area (Å²) >= 11 is 1.59. The number of rotatable bonds is 10. The molecule has 0 atom stereocenters. The molecular weight excluding hydrogens is 408 g/mol. The Morgan fingerprint density at radius 2 is 1.83 bits per heavy atom. The monoisotopic (exact) mass is 432 g/mol. The van der Waals surface area contributed by atoms with Gasteiger partial charge >= 0.3 is 11.9 Å². The van der Waals surface area contributed by atoms with Gasteiger partial charge < -0.3 is 23.7 Å². The van der Waals surface area contributed by atoms with E-state index < -0.39 is 0 Å². The van der Waals surface area contributed by atoms with Crippen molar-refractivity contribution in [2.45, 2.75) is 13.0 Å². The van der Waals surface area contributed by atoms with E-state index in [-0.39, 0.29) is 31.8 Å². The fraction of sp³-hybridized carbons (Fsp3) is 0.364. The van der Waals surface area contributed by atoms with E-state index >= 15 is 0 Å². The molecular formula is C22H24O7S. The maximum absolute atomic E-state index is 12.0. The van der Waals surface area contributed by atoms with Gasteiger partial charge in [-0.1, -0.05) is 12.1 Å². The highest BCUT2D eigenvalue weighted by Gasteiger charge is 2.27. The second-order valence-corrected chi connectivity index (χ2v) is 7.38. The van der Waals surface area contributed by atoms with Crippen molar-refractivity contribution >= 4 is 23.7 Å². The summed E-state index contributed by atoms with van der Waals surface area (Å²) in [6.45, 7) is 0.457. The van der Waals surface area contributed by atoms with Gasteiger partial charge in [0.25, 0.3) is 0 Å². The quantitative estimate of drug-likeness (QED) is 0.415. The molecule has 1 aliphatic heterocycles. The number of esters is 2. The van der Waals surface area contributed by atoms with Crippen LogP contribution in [-0.4, -0.2) is 51.4 Å². The lowest BCUT2D eigenvalue weighted by atomic mass is 9.95. The van der Waals surface area contributed by atoms with Crippen LogP contribution in [0.5, 0.6) is 17.2 Å². The fourth-order valence-electron chi connectivity index (χ4n) is 3.21. The molecule has 1 heterocycles. The minimum Gasteiger partial charge on any atom is -0.493 e. The Labute approximate surface area is 179 Å². The lowest BCUT2D eigenvalue weighted by molar-refractivity contribution is -0.143. The SMILES string of the molecule is COc1ccc(-c2cccc3c2COC3=O)c(OCCOC(=O)CCSC)c1OC. The third kappa shape index (κ3) is 4.64. The van der Waals surface area contributed by atoms with Crippen LogP contribution < -0.4 is 14.2 Å². The molecule has 0 aliphatic carbocycles. The molecule has 0 saturated carbocycles. The summed E-state index contributed by atoms with van der Waals surface area (Å²) in [5, 5.41) is 0. The number of carbonyl (C=O) groups is 2. The highest BCUT2D eigenvalue weighted by atomic mass is 32.2. The maximum Gasteiger partial charge on any atom is 0.338 e. The number of cyclic esters (lactones) is 1. The van der Waals surface area contributed by atoms with E-state index in [1.165, 1.54) is 7.11 Å². The number of methoxy groups -OCH3 is 2. The highest BCUT2D eigenvalue weighted by molar-refractivity contribution is 7.98. The van der Waals surface area contributed by atoms with Gasteiger partial charge in [0, 0.05) is 16.9 Å². The molecule has 0 bridgehead atoms. The zero-order valence-corrected chi connectivity index (χ0v) is 18.0. The molecule has 0 N–H and O–H groups in total. The first-order chi connectivity index (χ1) is 14.6. The Bertz CT molecular complexity index is 926. The van der Waals surface area contributed by atoms with Crippen LogP contribution in [0, 0.1) is 0 Å². The van der Waals surface area contributed by atoms with Crippen molar-refractivity contribution < 1.29 is 33.3 Å². The number of thioether (sulfide) groups is 1. The molecule has 0 aromatic heterocycles. The number of carbonyl (C=O) groups excluding carboxylic acids is 2. The van der Waals surface area contributed by atoms with E-state index in [4.69, 9.17) is 23.7 Å². The molecule has 8 heteroatoms. The van der Waals surface area contributed by atoms with Crippen LogP contribution in [-0.2, 0) is 20.9 Å². The molecule has 2 aromatic rings. The topological polar surface area (TPSA) is 80.3 Å². The summed E-state index contributed by atoms with van der Waals surface area (Å²) in [5.41, 5.74) is 2.88. The van der Waals surface area contributed by atoms with Crippen molar-refractivity contribution in [3.05, 3.63) is 41.5 Å². The molecule has 30 heavy (non-hydrogen) atoms. The van der Waals surface area contributed by atoms with Crippen LogP contribution in [0.2, 0.25) is 0 Å². The smallest absolute Gasteiger partial charge is 0.338 e. The van der Waals surface area contributed by atoms with Crippen LogP contribution >= 0.6 is 11.8 Å². The molecule has 0 fully saturated rings. The van der Waals surface area contributed by atoms with Gasteiger partial charge in [0.05, 0.1) is 26.2 Å². The molecule has 7 nitrogen and oxygen atoms in total. The fourth-order valence-corrected chi connectivity index (χ4v) is 3.58. The van der Waals surface area contributed by atoms with Crippen LogP contribution in [0.3, 0.4) is 0 Å². The predicted molar refractivity (Wildman–Crippen MR) is 114 cm³/mol. The Morgan fingerprint density at radius 1 is 1.03 bits per heavy atom. The Hall–Kier alpha value is -2.87. The summed E-state index contributed by atoms with van der Waals surface area (Å²) in [5.74, 6) is 1.49. The van der Waals surface area contributed by atoms with E-state index in [1.807, 2.05) is 18.4 Å². The van der Waals surface area contributed by atoms with Crippen LogP contribution in [0.4, 0.5) is 0 Å². The molecule has 0 unspecified atom stereocenters. The van der Waals surface area contributed by atoms with Crippen molar-refractivity contribution in [3.8, 4) is 28.4 Å². The molecule has 0 saturated heterocycles. The molecule has 0 spiro atoms. The predicted octanol–water partition coefficient (Wildman–Crippen LogP) is 3.72. The van der Waals surface area contributed by atoms with Gasteiger partial charge in [0.1, 0.15) is 19.8 Å². The van der Waals surface area contributed by atoms with Crippen molar-refractivity contribution in [2.75, 3.05) is 39.4 Å². The lowest BCUT2D eigenvalue weighted by Gasteiger charge is -2.19. The first-order valence-electron chi connectivity index (χ1n) is 9.42. The number of ether oxygens (including phenoxy) is 5. The lowest BCUT2D eigenvalue weighted by Crippen LogP contribution is -2.13. The number of benzene rings is 2. The summed E-state index contributed by atoms with van der Waals surface area (Å²) in [7, 11) is 3.07. The number of hydrogen-bond donors (Lipinski definition) is 0. The average molecular weight is 432 g/mol. The molecule has 0 amide bonds. The number of fused-ring (bicyclic) bond motifs is 1. The Balaban J connectivity index is 1.88. The first-order valence-corrected chi connectivity index (χ1v) is 10.8. The van der Waals surface area contributed by atoms with E-state index in [9.17, 15) is 9.59 Å². The highest BCUT2D eigenvalue weighted by Crippen LogP contribution is 2.46. The molecule has 160 valence electrons. The zero-order valence-electron chi connectivity index (χ0n) is 17.2. The minimum atomic E-state index is -0.341. The van der Waals surface area contributed by atoms with Crippen LogP contribution in [0.25, 0.3) is 11.1 Å².